The lowest BCUT2D eigenvalue weighted by Crippen LogP contribution is -2.58. The molecular formula is C16H26N2O. The summed E-state index contributed by atoms with van der Waals surface area (Å²) >= 11 is 0. The molecule has 3 atom stereocenters. The lowest BCUT2D eigenvalue weighted by molar-refractivity contribution is -0.155. The van der Waals surface area contributed by atoms with Crippen LogP contribution in [0, 0.1) is 22.7 Å². The fourth-order valence-electron chi connectivity index (χ4n) is 6.10. The van der Waals surface area contributed by atoms with E-state index in [-0.39, 0.29) is 5.41 Å². The van der Waals surface area contributed by atoms with Crippen molar-refractivity contribution in [3.05, 3.63) is 0 Å². The van der Waals surface area contributed by atoms with Gasteiger partial charge in [0.25, 0.3) is 0 Å². The second kappa shape index (κ2) is 3.97. The number of hydrogen-bond donors (Lipinski definition) is 2. The van der Waals surface area contributed by atoms with Crippen molar-refractivity contribution < 1.29 is 4.79 Å². The van der Waals surface area contributed by atoms with Crippen LogP contribution in [-0.4, -0.2) is 25.0 Å². The van der Waals surface area contributed by atoms with Gasteiger partial charge in [-0.1, -0.05) is 6.92 Å². The van der Waals surface area contributed by atoms with E-state index in [1.807, 2.05) is 0 Å². The maximum absolute atomic E-state index is 12.9. The molecule has 5 fully saturated rings. The molecule has 3 nitrogen and oxygen atoms in total. The molecule has 4 aliphatic carbocycles. The Labute approximate surface area is 115 Å². The van der Waals surface area contributed by atoms with Crippen molar-refractivity contribution in [3.8, 4) is 0 Å². The zero-order chi connectivity index (χ0) is 13.1. The van der Waals surface area contributed by atoms with Crippen molar-refractivity contribution >= 4 is 5.91 Å². The Morgan fingerprint density at radius 1 is 1.21 bits per heavy atom. The minimum Gasteiger partial charge on any atom is -0.352 e. The van der Waals surface area contributed by atoms with Crippen molar-refractivity contribution in [2.75, 3.05) is 13.1 Å². The molecule has 2 N–H and O–H groups in total. The summed E-state index contributed by atoms with van der Waals surface area (Å²) in [4.78, 5) is 12.9. The van der Waals surface area contributed by atoms with Gasteiger partial charge in [-0.2, -0.15) is 0 Å². The first-order valence-corrected chi connectivity index (χ1v) is 8.09. The molecule has 1 heterocycles. The Bertz CT molecular complexity index is 386. The highest BCUT2D eigenvalue weighted by Crippen LogP contribution is 2.65. The third-order valence-electron chi connectivity index (χ3n) is 6.23. The summed E-state index contributed by atoms with van der Waals surface area (Å²) in [5.41, 5.74) is 0.469. The fourth-order valence-corrected chi connectivity index (χ4v) is 6.10. The van der Waals surface area contributed by atoms with Gasteiger partial charge in [-0.05, 0) is 68.7 Å². The van der Waals surface area contributed by atoms with E-state index < -0.39 is 0 Å². The van der Waals surface area contributed by atoms with E-state index in [1.54, 1.807) is 0 Å². The molecule has 1 aliphatic heterocycles. The second-order valence-corrected chi connectivity index (χ2v) is 8.22. The van der Waals surface area contributed by atoms with E-state index >= 15 is 0 Å². The standard InChI is InChI=1S/C16H26N2O/c1-15-5-11-4-12(6-15)8-16(7-11,10-15)14(19)18-13-2-3-17-9-13/h11-13,17H,2-10H2,1H3,(H,18,19)/t11?,12?,13-,15?,16?/m1/s1. The highest BCUT2D eigenvalue weighted by atomic mass is 16.2. The molecule has 3 heteroatoms. The third-order valence-corrected chi connectivity index (χ3v) is 6.23. The lowest BCUT2D eigenvalue weighted by atomic mass is 9.44. The molecule has 0 aromatic rings. The van der Waals surface area contributed by atoms with Crippen LogP contribution in [0.1, 0.15) is 51.9 Å². The van der Waals surface area contributed by atoms with Gasteiger partial charge in [0.05, 0.1) is 5.41 Å². The van der Waals surface area contributed by atoms with Crippen LogP contribution in [0.15, 0.2) is 0 Å². The van der Waals surface area contributed by atoms with Crippen LogP contribution in [0.2, 0.25) is 0 Å². The monoisotopic (exact) mass is 262 g/mol. The number of carbonyl (C=O) groups is 1. The summed E-state index contributed by atoms with van der Waals surface area (Å²) in [7, 11) is 0. The van der Waals surface area contributed by atoms with Gasteiger partial charge in [0.2, 0.25) is 5.91 Å². The number of hydrogen-bond acceptors (Lipinski definition) is 2. The van der Waals surface area contributed by atoms with E-state index in [2.05, 4.69) is 17.6 Å². The largest absolute Gasteiger partial charge is 0.352 e. The van der Waals surface area contributed by atoms with E-state index in [1.165, 1.54) is 32.1 Å². The average molecular weight is 262 g/mol. The molecule has 4 bridgehead atoms. The number of rotatable bonds is 2. The van der Waals surface area contributed by atoms with Gasteiger partial charge in [-0.15, -0.1) is 0 Å². The molecular weight excluding hydrogens is 236 g/mol. The molecule has 1 amide bonds. The number of nitrogens with one attached hydrogen (secondary N) is 2. The van der Waals surface area contributed by atoms with Gasteiger partial charge < -0.3 is 10.6 Å². The fraction of sp³-hybridized carbons (Fsp3) is 0.938. The summed E-state index contributed by atoms with van der Waals surface area (Å²) in [6.45, 7) is 4.45. The van der Waals surface area contributed by atoms with Gasteiger partial charge in [-0.3, -0.25) is 4.79 Å². The summed E-state index contributed by atoms with van der Waals surface area (Å²) in [5, 5.41) is 6.70. The van der Waals surface area contributed by atoms with Crippen LogP contribution in [0.5, 0.6) is 0 Å². The Balaban J connectivity index is 1.54. The van der Waals surface area contributed by atoms with Crippen molar-refractivity contribution in [1.29, 1.82) is 0 Å². The summed E-state index contributed by atoms with van der Waals surface area (Å²) < 4.78 is 0. The first-order valence-electron chi connectivity index (χ1n) is 8.09. The Kier molecular flexibility index (Phi) is 2.55. The molecule has 0 radical (unpaired) electrons. The molecule has 5 rings (SSSR count). The number of carbonyl (C=O) groups excluding carboxylic acids is 1. The van der Waals surface area contributed by atoms with Crippen LogP contribution in [0.25, 0.3) is 0 Å². The molecule has 0 aromatic carbocycles. The zero-order valence-corrected chi connectivity index (χ0v) is 12.0. The van der Waals surface area contributed by atoms with Crippen molar-refractivity contribution in [2.45, 2.75) is 57.9 Å². The minimum absolute atomic E-state index is 0.00141. The molecule has 4 saturated carbocycles. The Morgan fingerprint density at radius 2 is 1.95 bits per heavy atom. The highest BCUT2D eigenvalue weighted by molar-refractivity contribution is 5.83. The topological polar surface area (TPSA) is 41.1 Å². The van der Waals surface area contributed by atoms with E-state index in [9.17, 15) is 4.79 Å². The van der Waals surface area contributed by atoms with Gasteiger partial charge >= 0.3 is 0 Å². The third kappa shape index (κ3) is 1.93. The van der Waals surface area contributed by atoms with Gasteiger partial charge in [-0.25, -0.2) is 0 Å². The second-order valence-electron chi connectivity index (χ2n) is 8.22. The van der Waals surface area contributed by atoms with E-state index in [0.717, 1.165) is 37.8 Å². The Hall–Kier alpha value is -0.570. The summed E-state index contributed by atoms with van der Waals surface area (Å²) in [6, 6.07) is 0.383. The highest BCUT2D eigenvalue weighted by Gasteiger charge is 2.58. The van der Waals surface area contributed by atoms with Crippen molar-refractivity contribution in [3.63, 3.8) is 0 Å². The molecule has 0 aromatic heterocycles. The number of amides is 1. The van der Waals surface area contributed by atoms with Crippen LogP contribution in [0.4, 0.5) is 0 Å². The molecule has 19 heavy (non-hydrogen) atoms. The summed E-state index contributed by atoms with van der Waals surface area (Å²) in [5.74, 6) is 2.05. The first-order chi connectivity index (χ1) is 9.07. The van der Waals surface area contributed by atoms with Crippen LogP contribution in [0.3, 0.4) is 0 Å². The maximum Gasteiger partial charge on any atom is 0.226 e. The van der Waals surface area contributed by atoms with Crippen molar-refractivity contribution in [1.82, 2.24) is 10.6 Å². The molecule has 2 unspecified atom stereocenters. The SMILES string of the molecule is CC12CC3CC(C1)CC(C(=O)N[C@@H]1CCNC1)(C3)C2. The van der Waals surface area contributed by atoms with Crippen LogP contribution in [-0.2, 0) is 4.79 Å². The summed E-state index contributed by atoms with van der Waals surface area (Å²) in [6.07, 6.45) is 8.75. The molecule has 1 saturated heterocycles. The predicted molar refractivity (Wildman–Crippen MR) is 74.6 cm³/mol. The van der Waals surface area contributed by atoms with Gasteiger partial charge in [0.15, 0.2) is 0 Å². The van der Waals surface area contributed by atoms with Crippen LogP contribution >= 0.6 is 0 Å². The first kappa shape index (κ1) is 12.2. The smallest absolute Gasteiger partial charge is 0.226 e. The van der Waals surface area contributed by atoms with Gasteiger partial charge in [0, 0.05) is 12.6 Å². The van der Waals surface area contributed by atoms with E-state index in [0.29, 0.717) is 17.4 Å². The van der Waals surface area contributed by atoms with Crippen LogP contribution < -0.4 is 10.6 Å². The lowest BCUT2D eigenvalue weighted by Gasteiger charge is -2.60. The zero-order valence-electron chi connectivity index (χ0n) is 12.0. The predicted octanol–water partition coefficient (Wildman–Crippen LogP) is 2.07. The van der Waals surface area contributed by atoms with Gasteiger partial charge in [0.1, 0.15) is 0 Å². The average Bonchev–Trinajstić information content (AvgIpc) is 2.78. The van der Waals surface area contributed by atoms with E-state index in [4.69, 9.17) is 0 Å². The quantitative estimate of drug-likeness (QED) is 0.800. The Morgan fingerprint density at radius 3 is 2.53 bits per heavy atom. The maximum atomic E-state index is 12.9. The molecule has 0 spiro atoms. The van der Waals surface area contributed by atoms with Crippen molar-refractivity contribution in [2.24, 2.45) is 22.7 Å². The molecule has 106 valence electrons. The minimum atomic E-state index is 0.00141. The molecule has 5 aliphatic rings. The normalized spacial score (nSPS) is 51.5.